The number of halogens is 1. The van der Waals surface area contributed by atoms with Crippen molar-refractivity contribution >= 4 is 23.4 Å². The fourth-order valence-electron chi connectivity index (χ4n) is 2.99. The third kappa shape index (κ3) is 4.82. The number of carbonyl (C=O) groups is 2. The molecule has 0 atom stereocenters. The maximum absolute atomic E-state index is 12.2. The van der Waals surface area contributed by atoms with Crippen LogP contribution in [0, 0.1) is 0 Å². The second-order valence-electron chi connectivity index (χ2n) is 6.24. The molecule has 0 aliphatic heterocycles. The van der Waals surface area contributed by atoms with Crippen molar-refractivity contribution < 1.29 is 9.59 Å². The molecule has 0 saturated heterocycles. The van der Waals surface area contributed by atoms with Crippen LogP contribution in [-0.4, -0.2) is 34.2 Å². The zero-order valence-corrected chi connectivity index (χ0v) is 14.6. The van der Waals surface area contributed by atoms with E-state index in [2.05, 4.69) is 15.7 Å². The van der Waals surface area contributed by atoms with Gasteiger partial charge in [0, 0.05) is 17.3 Å². The first-order valence-corrected chi connectivity index (χ1v) is 8.88. The summed E-state index contributed by atoms with van der Waals surface area (Å²) in [4.78, 5) is 24.1. The Morgan fingerprint density at radius 1 is 1.24 bits per heavy atom. The van der Waals surface area contributed by atoms with E-state index in [1.54, 1.807) is 23.0 Å². The van der Waals surface area contributed by atoms with Gasteiger partial charge in [-0.25, -0.2) is 4.68 Å². The second kappa shape index (κ2) is 8.16. The minimum absolute atomic E-state index is 0.0301. The summed E-state index contributed by atoms with van der Waals surface area (Å²) in [5.74, 6) is -0.477. The molecule has 6 nitrogen and oxygen atoms in total. The summed E-state index contributed by atoms with van der Waals surface area (Å²) in [6, 6.07) is 7.43. The molecule has 25 heavy (non-hydrogen) atoms. The third-order valence-corrected chi connectivity index (χ3v) is 4.53. The Balaban J connectivity index is 1.52. The number of rotatable bonds is 5. The highest BCUT2D eigenvalue weighted by Crippen LogP contribution is 2.17. The first kappa shape index (κ1) is 17.5. The summed E-state index contributed by atoms with van der Waals surface area (Å²) in [6.07, 6.45) is 8.66. The molecule has 2 N–H and O–H groups in total. The number of hydrogen-bond donors (Lipinski definition) is 2. The van der Waals surface area contributed by atoms with Gasteiger partial charge >= 0.3 is 0 Å². The molecular weight excluding hydrogens is 340 g/mol. The lowest BCUT2D eigenvalue weighted by Gasteiger charge is -2.22. The molecule has 1 aromatic heterocycles. The maximum atomic E-state index is 12.2. The minimum Gasteiger partial charge on any atom is -0.352 e. The number of carbonyl (C=O) groups excluding carboxylic acids is 2. The Morgan fingerprint density at radius 2 is 2.04 bits per heavy atom. The first-order chi connectivity index (χ1) is 12.1. The van der Waals surface area contributed by atoms with E-state index in [1.807, 2.05) is 12.1 Å². The zero-order valence-electron chi connectivity index (χ0n) is 13.9. The van der Waals surface area contributed by atoms with Crippen LogP contribution in [0.4, 0.5) is 0 Å². The van der Waals surface area contributed by atoms with E-state index < -0.39 is 0 Å². The Hall–Kier alpha value is -2.34. The molecule has 0 unspecified atom stereocenters. The van der Waals surface area contributed by atoms with Crippen molar-refractivity contribution in [3.05, 3.63) is 47.2 Å². The van der Waals surface area contributed by atoms with Gasteiger partial charge in [-0.1, -0.05) is 36.9 Å². The molecule has 0 radical (unpaired) electrons. The Labute approximate surface area is 151 Å². The van der Waals surface area contributed by atoms with Gasteiger partial charge in [-0.05, 0) is 31.0 Å². The van der Waals surface area contributed by atoms with Crippen molar-refractivity contribution in [1.82, 2.24) is 20.4 Å². The largest absolute Gasteiger partial charge is 0.352 e. The zero-order chi connectivity index (χ0) is 17.6. The normalized spacial score (nSPS) is 14.9. The fourth-order valence-corrected chi connectivity index (χ4v) is 3.17. The first-order valence-electron chi connectivity index (χ1n) is 8.50. The Kier molecular flexibility index (Phi) is 5.71. The molecule has 1 aliphatic rings. The highest BCUT2D eigenvalue weighted by atomic mass is 35.5. The summed E-state index contributed by atoms with van der Waals surface area (Å²) < 4.78 is 1.57. The number of hydrogen-bond acceptors (Lipinski definition) is 3. The molecular formula is C18H21ClN4O2. The van der Waals surface area contributed by atoms with Gasteiger partial charge in [-0.2, -0.15) is 5.10 Å². The number of aromatic nitrogens is 2. The topological polar surface area (TPSA) is 76.0 Å². The lowest BCUT2D eigenvalue weighted by molar-refractivity contribution is -0.121. The Bertz CT molecular complexity index is 753. The van der Waals surface area contributed by atoms with Gasteiger partial charge in [0.15, 0.2) is 0 Å². The van der Waals surface area contributed by atoms with Crippen LogP contribution >= 0.6 is 11.6 Å². The van der Waals surface area contributed by atoms with Crippen molar-refractivity contribution in [2.45, 2.75) is 38.1 Å². The molecule has 0 spiro atoms. The van der Waals surface area contributed by atoms with Crippen molar-refractivity contribution in [1.29, 1.82) is 0 Å². The lowest BCUT2D eigenvalue weighted by atomic mass is 9.95. The van der Waals surface area contributed by atoms with Crippen molar-refractivity contribution in [2.75, 3.05) is 6.54 Å². The van der Waals surface area contributed by atoms with Crippen LogP contribution in [-0.2, 0) is 4.79 Å². The highest BCUT2D eigenvalue weighted by Gasteiger charge is 2.16. The average Bonchev–Trinajstić information content (AvgIpc) is 3.11. The summed E-state index contributed by atoms with van der Waals surface area (Å²) >= 11 is 5.96. The van der Waals surface area contributed by atoms with Gasteiger partial charge in [0.1, 0.15) is 0 Å². The second-order valence-corrected chi connectivity index (χ2v) is 6.68. The summed E-state index contributed by atoms with van der Waals surface area (Å²) in [6.45, 7) is -0.0301. The standard InChI is InChI=1S/C18H21ClN4O2/c19-14-5-4-8-16(9-14)23-12-13(10-21-23)18(25)20-11-17(24)22-15-6-2-1-3-7-15/h4-5,8-10,12,15H,1-3,6-7,11H2,(H,20,25)(H,22,24). The number of nitrogens with zero attached hydrogens (tertiary/aromatic N) is 2. The molecule has 2 amide bonds. The van der Waals surface area contributed by atoms with E-state index in [0.29, 0.717) is 10.6 Å². The third-order valence-electron chi connectivity index (χ3n) is 4.30. The quantitative estimate of drug-likeness (QED) is 0.860. The average molecular weight is 361 g/mol. The van der Waals surface area contributed by atoms with E-state index in [0.717, 1.165) is 31.4 Å². The van der Waals surface area contributed by atoms with Gasteiger partial charge in [0.05, 0.1) is 24.0 Å². The van der Waals surface area contributed by atoms with Crippen LogP contribution in [0.3, 0.4) is 0 Å². The monoisotopic (exact) mass is 360 g/mol. The predicted octanol–water partition coefficient (Wildman–Crippen LogP) is 2.70. The maximum Gasteiger partial charge on any atom is 0.254 e. The van der Waals surface area contributed by atoms with Gasteiger partial charge in [0.2, 0.25) is 5.91 Å². The summed E-state index contributed by atoms with van der Waals surface area (Å²) in [5.41, 5.74) is 1.16. The van der Waals surface area contributed by atoms with Crippen LogP contribution in [0.25, 0.3) is 5.69 Å². The predicted molar refractivity (Wildman–Crippen MR) is 95.9 cm³/mol. The van der Waals surface area contributed by atoms with Crippen LogP contribution in [0.2, 0.25) is 5.02 Å². The van der Waals surface area contributed by atoms with Gasteiger partial charge in [-0.15, -0.1) is 0 Å². The molecule has 0 bridgehead atoms. The highest BCUT2D eigenvalue weighted by molar-refractivity contribution is 6.30. The molecule has 1 heterocycles. The molecule has 7 heteroatoms. The van der Waals surface area contributed by atoms with Crippen LogP contribution < -0.4 is 10.6 Å². The Morgan fingerprint density at radius 3 is 2.80 bits per heavy atom. The van der Waals surface area contributed by atoms with Crippen LogP contribution in [0.5, 0.6) is 0 Å². The number of benzene rings is 1. The van der Waals surface area contributed by atoms with Crippen molar-refractivity contribution in [2.24, 2.45) is 0 Å². The van der Waals surface area contributed by atoms with Gasteiger partial charge in [0.25, 0.3) is 5.91 Å². The minimum atomic E-state index is -0.327. The summed E-state index contributed by atoms with van der Waals surface area (Å²) in [5, 5.41) is 10.4. The van der Waals surface area contributed by atoms with E-state index >= 15 is 0 Å². The van der Waals surface area contributed by atoms with Crippen molar-refractivity contribution in [3.8, 4) is 5.69 Å². The molecule has 1 aromatic carbocycles. The number of amides is 2. The van der Waals surface area contributed by atoms with E-state index in [9.17, 15) is 9.59 Å². The van der Waals surface area contributed by atoms with Crippen molar-refractivity contribution in [3.63, 3.8) is 0 Å². The molecule has 1 saturated carbocycles. The van der Waals surface area contributed by atoms with Gasteiger partial charge in [-0.3, -0.25) is 9.59 Å². The molecule has 1 fully saturated rings. The van der Waals surface area contributed by atoms with Gasteiger partial charge < -0.3 is 10.6 Å². The molecule has 3 rings (SSSR count). The molecule has 132 valence electrons. The molecule has 2 aromatic rings. The SMILES string of the molecule is O=C(CNC(=O)c1cnn(-c2cccc(Cl)c2)c1)NC1CCCCC1. The number of nitrogens with one attached hydrogen (secondary N) is 2. The summed E-state index contributed by atoms with van der Waals surface area (Å²) in [7, 11) is 0. The molecule has 1 aliphatic carbocycles. The van der Waals surface area contributed by atoms with E-state index in [4.69, 9.17) is 11.6 Å². The van der Waals surface area contributed by atoms with E-state index in [1.165, 1.54) is 12.6 Å². The van der Waals surface area contributed by atoms with Crippen LogP contribution in [0.15, 0.2) is 36.7 Å². The fraction of sp³-hybridized carbons (Fsp3) is 0.389. The lowest BCUT2D eigenvalue weighted by Crippen LogP contribution is -2.42. The smallest absolute Gasteiger partial charge is 0.254 e. The van der Waals surface area contributed by atoms with Crippen LogP contribution in [0.1, 0.15) is 42.5 Å². The van der Waals surface area contributed by atoms with E-state index in [-0.39, 0.29) is 24.4 Å².